The SMILES string of the molecule is CC1CS(=O)(=O)c2ccncc2NC1=O. The zero-order valence-electron chi connectivity index (χ0n) is 8.10. The molecule has 1 aromatic heterocycles. The van der Waals surface area contributed by atoms with E-state index in [0.29, 0.717) is 0 Å². The minimum atomic E-state index is -3.38. The second-order valence-corrected chi connectivity index (χ2v) is 5.55. The maximum atomic E-state index is 11.8. The number of hydrogen-bond donors (Lipinski definition) is 1. The number of carbonyl (C=O) groups excluding carboxylic acids is 1. The molecule has 0 bridgehead atoms. The molecule has 0 aromatic carbocycles. The Morgan fingerprint density at radius 1 is 1.53 bits per heavy atom. The molecule has 0 spiro atoms. The summed E-state index contributed by atoms with van der Waals surface area (Å²) in [4.78, 5) is 15.4. The molecule has 0 aliphatic carbocycles. The lowest BCUT2D eigenvalue weighted by atomic mass is 10.2. The molecular formula is C9H10N2O3S. The number of hydrogen-bond acceptors (Lipinski definition) is 4. The molecule has 2 heterocycles. The van der Waals surface area contributed by atoms with Gasteiger partial charge < -0.3 is 5.32 Å². The predicted octanol–water partition coefficient (Wildman–Crippen LogP) is 0.444. The molecule has 1 unspecified atom stereocenters. The Bertz CT molecular complexity index is 510. The van der Waals surface area contributed by atoms with Crippen LogP contribution in [-0.4, -0.2) is 25.1 Å². The summed E-state index contributed by atoms with van der Waals surface area (Å²) in [7, 11) is -3.38. The van der Waals surface area contributed by atoms with Crippen LogP contribution in [0.15, 0.2) is 23.4 Å². The largest absolute Gasteiger partial charge is 0.323 e. The summed E-state index contributed by atoms with van der Waals surface area (Å²) in [6, 6.07) is 1.41. The average molecular weight is 226 g/mol. The molecule has 0 radical (unpaired) electrons. The smallest absolute Gasteiger partial charge is 0.228 e. The van der Waals surface area contributed by atoms with Crippen molar-refractivity contribution in [1.82, 2.24) is 4.98 Å². The number of nitrogens with one attached hydrogen (secondary N) is 1. The summed E-state index contributed by atoms with van der Waals surface area (Å²) in [6.07, 6.45) is 2.75. The standard InChI is InChI=1S/C9H10N2O3S/c1-6-5-15(13,14)8-2-3-10-4-7(8)11-9(6)12/h2-4,6H,5H2,1H3,(H,11,12). The summed E-state index contributed by atoms with van der Waals surface area (Å²) >= 11 is 0. The van der Waals surface area contributed by atoms with E-state index in [1.165, 1.54) is 18.5 Å². The third kappa shape index (κ3) is 1.72. The number of pyridine rings is 1. The fourth-order valence-electron chi connectivity index (χ4n) is 1.50. The summed E-state index contributed by atoms with van der Waals surface area (Å²) in [5, 5.41) is 2.55. The second kappa shape index (κ2) is 3.30. The van der Waals surface area contributed by atoms with E-state index in [2.05, 4.69) is 10.3 Å². The molecule has 1 atom stereocenters. The van der Waals surface area contributed by atoms with Gasteiger partial charge >= 0.3 is 0 Å². The maximum Gasteiger partial charge on any atom is 0.228 e. The lowest BCUT2D eigenvalue weighted by Crippen LogP contribution is -2.22. The highest BCUT2D eigenvalue weighted by Crippen LogP contribution is 2.26. The van der Waals surface area contributed by atoms with E-state index in [-0.39, 0.29) is 22.2 Å². The minimum absolute atomic E-state index is 0.148. The Labute approximate surface area is 87.4 Å². The van der Waals surface area contributed by atoms with Crippen LogP contribution in [-0.2, 0) is 14.6 Å². The van der Waals surface area contributed by atoms with Crippen molar-refractivity contribution < 1.29 is 13.2 Å². The van der Waals surface area contributed by atoms with Crippen molar-refractivity contribution in [2.75, 3.05) is 11.1 Å². The lowest BCUT2D eigenvalue weighted by Gasteiger charge is -2.04. The number of sulfone groups is 1. The Morgan fingerprint density at radius 3 is 3.00 bits per heavy atom. The number of nitrogens with zero attached hydrogens (tertiary/aromatic N) is 1. The van der Waals surface area contributed by atoms with Gasteiger partial charge in [0.25, 0.3) is 0 Å². The van der Waals surface area contributed by atoms with E-state index in [0.717, 1.165) is 0 Å². The second-order valence-electron chi connectivity index (χ2n) is 3.54. The van der Waals surface area contributed by atoms with Crippen LogP contribution in [0.4, 0.5) is 5.69 Å². The van der Waals surface area contributed by atoms with Crippen LogP contribution in [0.1, 0.15) is 6.92 Å². The van der Waals surface area contributed by atoms with Crippen LogP contribution >= 0.6 is 0 Å². The van der Waals surface area contributed by atoms with Crippen molar-refractivity contribution in [1.29, 1.82) is 0 Å². The van der Waals surface area contributed by atoms with Crippen molar-refractivity contribution >= 4 is 21.4 Å². The average Bonchev–Trinajstić information content (AvgIpc) is 2.24. The van der Waals surface area contributed by atoms with E-state index in [4.69, 9.17) is 0 Å². The van der Waals surface area contributed by atoms with Gasteiger partial charge in [0.1, 0.15) is 0 Å². The molecule has 15 heavy (non-hydrogen) atoms. The molecular weight excluding hydrogens is 216 g/mol. The van der Waals surface area contributed by atoms with E-state index < -0.39 is 15.8 Å². The zero-order valence-corrected chi connectivity index (χ0v) is 8.91. The van der Waals surface area contributed by atoms with Gasteiger partial charge in [-0.2, -0.15) is 0 Å². The highest BCUT2D eigenvalue weighted by Gasteiger charge is 2.30. The van der Waals surface area contributed by atoms with Gasteiger partial charge in [-0.1, -0.05) is 6.92 Å². The van der Waals surface area contributed by atoms with Crippen LogP contribution in [0.2, 0.25) is 0 Å². The number of amides is 1. The molecule has 1 aliphatic heterocycles. The van der Waals surface area contributed by atoms with Crippen molar-refractivity contribution in [3.63, 3.8) is 0 Å². The van der Waals surface area contributed by atoms with Crippen LogP contribution in [0.5, 0.6) is 0 Å². The molecule has 1 aromatic rings. The van der Waals surface area contributed by atoms with Crippen LogP contribution < -0.4 is 5.32 Å². The Hall–Kier alpha value is -1.43. The number of anilines is 1. The third-order valence-electron chi connectivity index (χ3n) is 2.29. The van der Waals surface area contributed by atoms with Crippen LogP contribution in [0, 0.1) is 5.92 Å². The minimum Gasteiger partial charge on any atom is -0.323 e. The van der Waals surface area contributed by atoms with Crippen molar-refractivity contribution in [2.24, 2.45) is 5.92 Å². The topological polar surface area (TPSA) is 76.1 Å². The quantitative estimate of drug-likeness (QED) is 0.696. The summed E-state index contributed by atoms with van der Waals surface area (Å²) < 4.78 is 23.7. The summed E-state index contributed by atoms with van der Waals surface area (Å²) in [5.74, 6) is -0.983. The highest BCUT2D eigenvalue weighted by atomic mass is 32.2. The molecule has 1 N–H and O–H groups in total. The molecule has 0 saturated carbocycles. The molecule has 1 aliphatic rings. The molecule has 80 valence electrons. The fraction of sp³-hybridized carbons (Fsp3) is 0.333. The van der Waals surface area contributed by atoms with Crippen molar-refractivity contribution in [3.05, 3.63) is 18.5 Å². The third-order valence-corrected chi connectivity index (χ3v) is 4.26. The van der Waals surface area contributed by atoms with E-state index >= 15 is 0 Å². The first-order valence-corrected chi connectivity index (χ1v) is 6.13. The lowest BCUT2D eigenvalue weighted by molar-refractivity contribution is -0.118. The molecule has 2 rings (SSSR count). The predicted molar refractivity (Wildman–Crippen MR) is 54.1 cm³/mol. The van der Waals surface area contributed by atoms with Gasteiger partial charge in [0.2, 0.25) is 5.91 Å². The van der Waals surface area contributed by atoms with Gasteiger partial charge in [-0.05, 0) is 6.07 Å². The Morgan fingerprint density at radius 2 is 2.27 bits per heavy atom. The van der Waals surface area contributed by atoms with Crippen LogP contribution in [0.3, 0.4) is 0 Å². The number of rotatable bonds is 0. The van der Waals surface area contributed by atoms with E-state index in [1.807, 2.05) is 0 Å². The zero-order chi connectivity index (χ0) is 11.1. The maximum absolute atomic E-state index is 11.8. The monoisotopic (exact) mass is 226 g/mol. The first-order chi connectivity index (χ1) is 7.00. The first kappa shape index (κ1) is 10.1. The molecule has 5 nitrogen and oxygen atoms in total. The van der Waals surface area contributed by atoms with Gasteiger partial charge in [-0.25, -0.2) is 8.42 Å². The normalized spacial score (nSPS) is 23.8. The Kier molecular flexibility index (Phi) is 2.22. The fourth-order valence-corrected chi connectivity index (χ4v) is 3.19. The van der Waals surface area contributed by atoms with Gasteiger partial charge in [0.05, 0.1) is 22.5 Å². The summed E-state index contributed by atoms with van der Waals surface area (Å²) in [6.45, 7) is 1.59. The summed E-state index contributed by atoms with van der Waals surface area (Å²) in [5.41, 5.74) is 0.270. The highest BCUT2D eigenvalue weighted by molar-refractivity contribution is 7.91. The van der Waals surface area contributed by atoms with Gasteiger partial charge in [0.15, 0.2) is 9.84 Å². The molecule has 6 heteroatoms. The van der Waals surface area contributed by atoms with E-state index in [9.17, 15) is 13.2 Å². The molecule has 0 fully saturated rings. The van der Waals surface area contributed by atoms with Crippen molar-refractivity contribution in [3.8, 4) is 0 Å². The first-order valence-electron chi connectivity index (χ1n) is 4.48. The van der Waals surface area contributed by atoms with E-state index in [1.54, 1.807) is 6.92 Å². The molecule has 0 saturated heterocycles. The number of carbonyl (C=O) groups is 1. The van der Waals surface area contributed by atoms with Gasteiger partial charge in [-0.15, -0.1) is 0 Å². The number of fused-ring (bicyclic) bond motifs is 1. The number of aromatic nitrogens is 1. The van der Waals surface area contributed by atoms with Gasteiger partial charge in [-0.3, -0.25) is 9.78 Å². The Balaban J connectivity index is 2.63. The van der Waals surface area contributed by atoms with Crippen LogP contribution in [0.25, 0.3) is 0 Å². The van der Waals surface area contributed by atoms with Gasteiger partial charge in [0, 0.05) is 12.1 Å². The molecule has 1 amide bonds. The van der Waals surface area contributed by atoms with Crippen molar-refractivity contribution in [2.45, 2.75) is 11.8 Å².